The zero-order valence-corrected chi connectivity index (χ0v) is 11.1. The number of carbonyl (C=O) groups excluding carboxylic acids is 1. The SMILES string of the molecule is CCOC(=O)c1coc(Sc2cccc(Cl)c2)n1. The summed E-state index contributed by atoms with van der Waals surface area (Å²) in [5.74, 6) is -0.487. The van der Waals surface area contributed by atoms with Crippen molar-refractivity contribution in [3.8, 4) is 0 Å². The molecule has 0 saturated heterocycles. The molecule has 0 atom stereocenters. The van der Waals surface area contributed by atoms with Crippen LogP contribution in [-0.4, -0.2) is 17.6 Å². The number of hydrogen-bond donors (Lipinski definition) is 0. The Morgan fingerprint density at radius 2 is 2.39 bits per heavy atom. The van der Waals surface area contributed by atoms with Gasteiger partial charge in [-0.25, -0.2) is 4.79 Å². The number of rotatable bonds is 4. The fourth-order valence-electron chi connectivity index (χ4n) is 1.23. The summed E-state index contributed by atoms with van der Waals surface area (Å²) in [6.45, 7) is 2.04. The molecule has 4 nitrogen and oxygen atoms in total. The van der Waals surface area contributed by atoms with E-state index in [2.05, 4.69) is 4.98 Å². The van der Waals surface area contributed by atoms with Crippen molar-refractivity contribution in [2.45, 2.75) is 17.0 Å². The van der Waals surface area contributed by atoms with E-state index in [4.69, 9.17) is 20.8 Å². The van der Waals surface area contributed by atoms with Crippen LogP contribution in [0.15, 0.2) is 45.1 Å². The Bertz CT molecular complexity index is 556. The van der Waals surface area contributed by atoms with Gasteiger partial charge in [0, 0.05) is 9.92 Å². The zero-order chi connectivity index (χ0) is 13.0. The number of oxazole rings is 1. The molecule has 0 spiro atoms. The minimum Gasteiger partial charge on any atom is -0.461 e. The molecule has 0 unspecified atom stereocenters. The van der Waals surface area contributed by atoms with E-state index in [1.165, 1.54) is 18.0 Å². The highest BCUT2D eigenvalue weighted by Crippen LogP contribution is 2.28. The summed E-state index contributed by atoms with van der Waals surface area (Å²) in [5.41, 5.74) is 0.168. The summed E-state index contributed by atoms with van der Waals surface area (Å²) in [6, 6.07) is 7.29. The number of esters is 1. The molecule has 6 heteroatoms. The van der Waals surface area contributed by atoms with E-state index in [0.29, 0.717) is 16.9 Å². The molecule has 0 amide bonds. The summed E-state index contributed by atoms with van der Waals surface area (Å²) in [6.07, 6.45) is 1.28. The maximum absolute atomic E-state index is 11.4. The van der Waals surface area contributed by atoms with Crippen molar-refractivity contribution in [2.24, 2.45) is 0 Å². The second-order valence-corrected chi connectivity index (χ2v) is 4.74. The van der Waals surface area contributed by atoms with Crippen molar-refractivity contribution in [3.63, 3.8) is 0 Å². The van der Waals surface area contributed by atoms with Crippen LogP contribution in [0.3, 0.4) is 0 Å². The number of benzene rings is 1. The van der Waals surface area contributed by atoms with Crippen LogP contribution in [0.25, 0.3) is 0 Å². The summed E-state index contributed by atoms with van der Waals surface area (Å²) < 4.78 is 10.0. The lowest BCUT2D eigenvalue weighted by Crippen LogP contribution is -2.04. The third-order valence-corrected chi connectivity index (χ3v) is 3.06. The molecule has 94 valence electrons. The van der Waals surface area contributed by atoms with Gasteiger partial charge in [0.15, 0.2) is 5.69 Å². The molecule has 2 rings (SSSR count). The van der Waals surface area contributed by atoms with Crippen LogP contribution in [0.5, 0.6) is 0 Å². The molecular formula is C12H10ClNO3S. The largest absolute Gasteiger partial charge is 0.461 e. The lowest BCUT2D eigenvalue weighted by atomic mass is 10.4. The van der Waals surface area contributed by atoms with Crippen molar-refractivity contribution in [1.29, 1.82) is 0 Å². The van der Waals surface area contributed by atoms with Crippen molar-refractivity contribution in [3.05, 3.63) is 41.2 Å². The number of hydrogen-bond acceptors (Lipinski definition) is 5. The van der Waals surface area contributed by atoms with E-state index in [1.54, 1.807) is 19.1 Å². The van der Waals surface area contributed by atoms with Crippen LogP contribution in [0.4, 0.5) is 0 Å². The number of carbonyl (C=O) groups is 1. The molecule has 0 radical (unpaired) electrons. The first-order valence-electron chi connectivity index (χ1n) is 5.25. The van der Waals surface area contributed by atoms with Gasteiger partial charge in [0.25, 0.3) is 5.22 Å². The van der Waals surface area contributed by atoms with Crippen LogP contribution in [0.1, 0.15) is 17.4 Å². The first-order chi connectivity index (χ1) is 8.69. The predicted octanol–water partition coefficient (Wildman–Crippen LogP) is 3.66. The second kappa shape index (κ2) is 5.93. The molecule has 0 saturated carbocycles. The van der Waals surface area contributed by atoms with Crippen LogP contribution < -0.4 is 0 Å². The number of ether oxygens (including phenoxy) is 1. The van der Waals surface area contributed by atoms with Gasteiger partial charge in [0.05, 0.1) is 6.61 Å². The first kappa shape index (κ1) is 13.0. The molecule has 0 aliphatic carbocycles. The monoisotopic (exact) mass is 283 g/mol. The smallest absolute Gasteiger partial charge is 0.360 e. The fourth-order valence-corrected chi connectivity index (χ4v) is 2.26. The molecule has 18 heavy (non-hydrogen) atoms. The molecule has 0 bridgehead atoms. The molecule has 1 aromatic heterocycles. The van der Waals surface area contributed by atoms with Gasteiger partial charge in [-0.15, -0.1) is 0 Å². The number of halogens is 1. The van der Waals surface area contributed by atoms with Crippen LogP contribution in [0.2, 0.25) is 5.02 Å². The quantitative estimate of drug-likeness (QED) is 0.802. The highest BCUT2D eigenvalue weighted by molar-refractivity contribution is 7.99. The topological polar surface area (TPSA) is 52.3 Å². The van der Waals surface area contributed by atoms with Gasteiger partial charge in [-0.3, -0.25) is 0 Å². The first-order valence-corrected chi connectivity index (χ1v) is 6.44. The average molecular weight is 284 g/mol. The highest BCUT2D eigenvalue weighted by Gasteiger charge is 2.13. The van der Waals surface area contributed by atoms with Crippen molar-refractivity contribution >= 4 is 29.3 Å². The minimum atomic E-state index is -0.487. The van der Waals surface area contributed by atoms with Crippen molar-refractivity contribution in [2.75, 3.05) is 6.61 Å². The number of aromatic nitrogens is 1. The summed E-state index contributed by atoms with van der Waals surface area (Å²) >= 11 is 7.16. The van der Waals surface area contributed by atoms with Crippen LogP contribution in [-0.2, 0) is 4.74 Å². The third kappa shape index (κ3) is 3.27. The minimum absolute atomic E-state index is 0.168. The molecular weight excluding hydrogens is 274 g/mol. The van der Waals surface area contributed by atoms with E-state index >= 15 is 0 Å². The predicted molar refractivity (Wildman–Crippen MR) is 68.0 cm³/mol. The normalized spacial score (nSPS) is 10.3. The fraction of sp³-hybridized carbons (Fsp3) is 0.167. The molecule has 0 N–H and O–H groups in total. The second-order valence-electron chi connectivity index (χ2n) is 3.28. The van der Waals surface area contributed by atoms with E-state index in [-0.39, 0.29) is 5.69 Å². The number of nitrogens with zero attached hydrogens (tertiary/aromatic N) is 1. The molecule has 1 aromatic carbocycles. The van der Waals surface area contributed by atoms with Crippen LogP contribution in [0, 0.1) is 0 Å². The Kier molecular flexibility index (Phi) is 4.28. The van der Waals surface area contributed by atoms with Crippen molar-refractivity contribution < 1.29 is 13.9 Å². The van der Waals surface area contributed by atoms with E-state index in [0.717, 1.165) is 4.90 Å². The lowest BCUT2D eigenvalue weighted by molar-refractivity contribution is 0.0519. The molecule has 0 aliphatic rings. The van der Waals surface area contributed by atoms with Gasteiger partial charge in [0.1, 0.15) is 6.26 Å². The highest BCUT2D eigenvalue weighted by atomic mass is 35.5. The maximum Gasteiger partial charge on any atom is 0.360 e. The zero-order valence-electron chi connectivity index (χ0n) is 9.55. The Morgan fingerprint density at radius 3 is 3.11 bits per heavy atom. The standard InChI is InChI=1S/C12H10ClNO3S/c1-2-16-11(15)10-7-17-12(14-10)18-9-5-3-4-8(13)6-9/h3-7H,2H2,1H3. The molecule has 0 aliphatic heterocycles. The van der Waals surface area contributed by atoms with Gasteiger partial charge >= 0.3 is 5.97 Å². The van der Waals surface area contributed by atoms with Gasteiger partial charge in [-0.05, 0) is 36.9 Å². The summed E-state index contributed by atoms with van der Waals surface area (Å²) in [4.78, 5) is 16.3. The van der Waals surface area contributed by atoms with Crippen LogP contribution >= 0.6 is 23.4 Å². The average Bonchev–Trinajstić information content (AvgIpc) is 2.78. The Labute approximate surface area is 113 Å². The Morgan fingerprint density at radius 1 is 1.56 bits per heavy atom. The Balaban J connectivity index is 2.09. The Hall–Kier alpha value is -1.46. The molecule has 0 fully saturated rings. The molecule has 2 aromatic rings. The lowest BCUT2D eigenvalue weighted by Gasteiger charge is -1.97. The van der Waals surface area contributed by atoms with E-state index in [1.807, 2.05) is 12.1 Å². The van der Waals surface area contributed by atoms with Gasteiger partial charge < -0.3 is 9.15 Å². The van der Waals surface area contributed by atoms with Crippen molar-refractivity contribution in [1.82, 2.24) is 4.98 Å². The maximum atomic E-state index is 11.4. The molecule has 1 heterocycles. The van der Waals surface area contributed by atoms with E-state index in [9.17, 15) is 4.79 Å². The van der Waals surface area contributed by atoms with Gasteiger partial charge in [-0.2, -0.15) is 4.98 Å². The van der Waals surface area contributed by atoms with Gasteiger partial charge in [0.2, 0.25) is 0 Å². The third-order valence-electron chi connectivity index (χ3n) is 1.97. The summed E-state index contributed by atoms with van der Waals surface area (Å²) in [5, 5.41) is 1.01. The summed E-state index contributed by atoms with van der Waals surface area (Å²) in [7, 11) is 0. The van der Waals surface area contributed by atoms with E-state index < -0.39 is 5.97 Å². The van der Waals surface area contributed by atoms with Gasteiger partial charge in [-0.1, -0.05) is 17.7 Å².